The Morgan fingerprint density at radius 1 is 1.00 bits per heavy atom. The number of rotatable bonds is 3. The maximum absolute atomic E-state index is 13.0. The Hall–Kier alpha value is -4.33. The number of nitrogens with zero attached hydrogens (tertiary/aromatic N) is 4. The van der Waals surface area contributed by atoms with Gasteiger partial charge >= 0.3 is 0 Å². The van der Waals surface area contributed by atoms with Crippen molar-refractivity contribution >= 4 is 28.2 Å². The van der Waals surface area contributed by atoms with Crippen LogP contribution in [0.1, 0.15) is 30.9 Å². The van der Waals surface area contributed by atoms with Crippen LogP contribution >= 0.6 is 0 Å². The molecule has 1 aliphatic heterocycles. The number of para-hydroxylation sites is 1. The number of hydrogen-bond donors (Lipinski definition) is 1. The number of allylic oxidation sites excluding steroid dienone is 2. The molecule has 2 heterocycles. The SMILES string of the molecule is O=C1CCCC2=C1C(c1ccccc1[N+](=O)[O-])n1nc(-c3cccc4ccccc34)nc1N2. The Labute approximate surface area is 188 Å². The van der Waals surface area contributed by atoms with Crippen LogP contribution in [0.4, 0.5) is 11.6 Å². The molecule has 6 rings (SSSR count). The van der Waals surface area contributed by atoms with E-state index in [-0.39, 0.29) is 11.5 Å². The quantitative estimate of drug-likeness (QED) is 0.356. The molecule has 3 aromatic carbocycles. The fraction of sp³-hybridized carbons (Fsp3) is 0.160. The van der Waals surface area contributed by atoms with Crippen LogP contribution in [0.3, 0.4) is 0 Å². The topological polar surface area (TPSA) is 103 Å². The van der Waals surface area contributed by atoms with Crippen molar-refractivity contribution < 1.29 is 9.72 Å². The lowest BCUT2D eigenvalue weighted by atomic mass is 9.85. The van der Waals surface area contributed by atoms with Crippen LogP contribution in [0.25, 0.3) is 22.2 Å². The van der Waals surface area contributed by atoms with Gasteiger partial charge in [-0.15, -0.1) is 5.10 Å². The summed E-state index contributed by atoms with van der Waals surface area (Å²) in [5.41, 5.74) is 2.57. The number of carbonyl (C=O) groups excluding carboxylic acids is 1. The molecule has 0 fully saturated rings. The van der Waals surface area contributed by atoms with Gasteiger partial charge in [-0.2, -0.15) is 4.98 Å². The molecule has 33 heavy (non-hydrogen) atoms. The van der Waals surface area contributed by atoms with Crippen LogP contribution in [0.5, 0.6) is 0 Å². The van der Waals surface area contributed by atoms with Gasteiger partial charge in [0.05, 0.1) is 10.5 Å². The number of benzene rings is 3. The van der Waals surface area contributed by atoms with Crippen molar-refractivity contribution in [2.24, 2.45) is 0 Å². The zero-order valence-electron chi connectivity index (χ0n) is 17.6. The van der Waals surface area contributed by atoms with E-state index >= 15 is 0 Å². The first-order valence-corrected chi connectivity index (χ1v) is 10.8. The van der Waals surface area contributed by atoms with Crippen LogP contribution < -0.4 is 5.32 Å². The lowest BCUT2D eigenvalue weighted by molar-refractivity contribution is -0.385. The van der Waals surface area contributed by atoms with Crippen molar-refractivity contribution in [2.75, 3.05) is 5.32 Å². The van der Waals surface area contributed by atoms with Crippen molar-refractivity contribution in [3.05, 3.63) is 93.7 Å². The monoisotopic (exact) mass is 437 g/mol. The van der Waals surface area contributed by atoms with Crippen molar-refractivity contribution in [1.82, 2.24) is 14.8 Å². The van der Waals surface area contributed by atoms with E-state index in [0.29, 0.717) is 35.8 Å². The third-order valence-corrected chi connectivity index (χ3v) is 6.33. The summed E-state index contributed by atoms with van der Waals surface area (Å²) in [5, 5.41) is 22.0. The Bertz CT molecular complexity index is 1480. The van der Waals surface area contributed by atoms with Gasteiger partial charge in [-0.25, -0.2) is 4.68 Å². The molecule has 162 valence electrons. The van der Waals surface area contributed by atoms with Crippen LogP contribution in [-0.4, -0.2) is 25.5 Å². The van der Waals surface area contributed by atoms with Crippen LogP contribution in [0, 0.1) is 10.1 Å². The maximum atomic E-state index is 13.0. The molecule has 0 saturated carbocycles. The van der Waals surface area contributed by atoms with Gasteiger partial charge < -0.3 is 5.32 Å². The van der Waals surface area contributed by atoms with Gasteiger partial charge in [-0.1, -0.05) is 54.6 Å². The van der Waals surface area contributed by atoms with E-state index in [1.165, 1.54) is 6.07 Å². The molecular formula is C25H19N5O3. The van der Waals surface area contributed by atoms with Crippen molar-refractivity contribution in [1.29, 1.82) is 0 Å². The Morgan fingerprint density at radius 3 is 2.67 bits per heavy atom. The molecule has 8 heteroatoms. The first kappa shape index (κ1) is 19.4. The predicted molar refractivity (Wildman–Crippen MR) is 124 cm³/mol. The normalized spacial score (nSPS) is 17.5. The fourth-order valence-corrected chi connectivity index (χ4v) is 4.86. The predicted octanol–water partition coefficient (Wildman–Crippen LogP) is 5.03. The highest BCUT2D eigenvalue weighted by Gasteiger charge is 2.39. The van der Waals surface area contributed by atoms with Gasteiger partial charge in [0.15, 0.2) is 11.6 Å². The number of Topliss-reactive ketones (excluding diaryl/α,β-unsaturated/α-hetero) is 1. The minimum absolute atomic E-state index is 0.0141. The number of carbonyl (C=O) groups is 1. The van der Waals surface area contributed by atoms with E-state index in [4.69, 9.17) is 10.1 Å². The number of ketones is 1. The van der Waals surface area contributed by atoms with Crippen LogP contribution in [0.2, 0.25) is 0 Å². The smallest absolute Gasteiger partial charge is 0.275 e. The van der Waals surface area contributed by atoms with Gasteiger partial charge in [0.1, 0.15) is 6.04 Å². The van der Waals surface area contributed by atoms with Gasteiger partial charge in [0.25, 0.3) is 5.69 Å². The Balaban J connectivity index is 1.59. The third kappa shape index (κ3) is 3.02. The number of nitro benzene ring substituents is 1. The van der Waals surface area contributed by atoms with Crippen LogP contribution in [-0.2, 0) is 4.79 Å². The number of nitro groups is 1. The lowest BCUT2D eigenvalue weighted by Gasteiger charge is -2.31. The minimum atomic E-state index is -0.707. The molecular weight excluding hydrogens is 418 g/mol. The van der Waals surface area contributed by atoms with E-state index in [1.54, 1.807) is 22.9 Å². The number of anilines is 1. The van der Waals surface area contributed by atoms with Crippen LogP contribution in [0.15, 0.2) is 78.0 Å². The molecule has 4 aromatic rings. The summed E-state index contributed by atoms with van der Waals surface area (Å²) < 4.78 is 1.63. The Kier molecular flexibility index (Phi) is 4.33. The van der Waals surface area contributed by atoms with E-state index in [0.717, 1.165) is 28.5 Å². The molecule has 1 unspecified atom stereocenters. The van der Waals surface area contributed by atoms with E-state index in [2.05, 4.69) is 5.32 Å². The molecule has 1 aromatic heterocycles. The summed E-state index contributed by atoms with van der Waals surface area (Å²) in [7, 11) is 0. The minimum Gasteiger partial charge on any atom is -0.328 e. The van der Waals surface area contributed by atoms with E-state index in [1.807, 2.05) is 42.5 Å². The first-order chi connectivity index (χ1) is 16.1. The molecule has 2 aliphatic rings. The highest BCUT2D eigenvalue weighted by molar-refractivity contribution is 6.00. The molecule has 0 saturated heterocycles. The summed E-state index contributed by atoms with van der Waals surface area (Å²) in [6, 6.07) is 19.8. The van der Waals surface area contributed by atoms with Gasteiger partial charge in [-0.3, -0.25) is 14.9 Å². The largest absolute Gasteiger partial charge is 0.328 e. The average Bonchev–Trinajstić information content (AvgIpc) is 3.26. The molecule has 0 spiro atoms. The molecule has 1 aliphatic carbocycles. The molecule has 0 bridgehead atoms. The maximum Gasteiger partial charge on any atom is 0.275 e. The summed E-state index contributed by atoms with van der Waals surface area (Å²) >= 11 is 0. The number of nitrogens with one attached hydrogen (secondary N) is 1. The average molecular weight is 437 g/mol. The fourth-order valence-electron chi connectivity index (χ4n) is 4.86. The molecule has 8 nitrogen and oxygen atoms in total. The van der Waals surface area contributed by atoms with Gasteiger partial charge in [0.2, 0.25) is 5.95 Å². The molecule has 1 N–H and O–H groups in total. The van der Waals surface area contributed by atoms with E-state index < -0.39 is 11.0 Å². The summed E-state index contributed by atoms with van der Waals surface area (Å²) in [6.45, 7) is 0. The van der Waals surface area contributed by atoms with Crippen molar-refractivity contribution in [2.45, 2.75) is 25.3 Å². The summed E-state index contributed by atoms with van der Waals surface area (Å²) in [5.74, 6) is 0.972. The zero-order valence-corrected chi connectivity index (χ0v) is 17.6. The van der Waals surface area contributed by atoms with Gasteiger partial charge in [0, 0.05) is 29.3 Å². The van der Waals surface area contributed by atoms with E-state index in [9.17, 15) is 14.9 Å². The van der Waals surface area contributed by atoms with Crippen molar-refractivity contribution in [3.63, 3.8) is 0 Å². The zero-order chi connectivity index (χ0) is 22.5. The number of aromatic nitrogens is 3. The molecule has 0 radical (unpaired) electrons. The Morgan fingerprint density at radius 2 is 1.79 bits per heavy atom. The lowest BCUT2D eigenvalue weighted by Crippen LogP contribution is -2.31. The number of hydrogen-bond acceptors (Lipinski definition) is 6. The highest BCUT2D eigenvalue weighted by atomic mass is 16.6. The standard InChI is InChI=1S/C25H19N5O3/c31-21-14-6-12-19-22(21)23(18-10-3-4-13-20(18)30(32)33)29-25(26-19)27-24(28-29)17-11-5-8-15-7-1-2-9-16(15)17/h1-5,7-11,13,23H,6,12,14H2,(H,26,27,28). The highest BCUT2D eigenvalue weighted by Crippen LogP contribution is 2.43. The van der Waals surface area contributed by atoms with Gasteiger partial charge in [-0.05, 0) is 29.7 Å². The second-order valence-electron chi connectivity index (χ2n) is 8.24. The van der Waals surface area contributed by atoms with Crippen molar-refractivity contribution in [3.8, 4) is 11.4 Å². The first-order valence-electron chi connectivity index (χ1n) is 10.8. The second-order valence-corrected chi connectivity index (χ2v) is 8.24. The molecule has 0 amide bonds. The third-order valence-electron chi connectivity index (χ3n) is 6.33. The summed E-state index contributed by atoms with van der Waals surface area (Å²) in [4.78, 5) is 29.2. The number of fused-ring (bicyclic) bond motifs is 2. The second kappa shape index (κ2) is 7.37. The molecule has 1 atom stereocenters. The summed E-state index contributed by atoms with van der Waals surface area (Å²) in [6.07, 6.45) is 1.84.